The molecule has 0 radical (unpaired) electrons. The third-order valence-electron chi connectivity index (χ3n) is 2.32. The average molecular weight is 272 g/mol. The van der Waals surface area contributed by atoms with Crippen molar-refractivity contribution in [3.05, 3.63) is 16.4 Å². The van der Waals surface area contributed by atoms with Gasteiger partial charge in [0.25, 0.3) is 0 Å². The summed E-state index contributed by atoms with van der Waals surface area (Å²) in [6, 6.07) is 2.23. The first kappa shape index (κ1) is 10.8. The van der Waals surface area contributed by atoms with Gasteiger partial charge in [0.1, 0.15) is 4.60 Å². The van der Waals surface area contributed by atoms with E-state index in [9.17, 15) is 0 Å². The molecule has 82 valence electrons. The van der Waals surface area contributed by atoms with Gasteiger partial charge in [-0.3, -0.25) is 0 Å². The Kier molecular flexibility index (Phi) is 3.53. The van der Waals surface area contributed by atoms with E-state index < -0.39 is 0 Å². The van der Waals surface area contributed by atoms with E-state index in [1.54, 1.807) is 0 Å². The molecule has 2 heterocycles. The number of anilines is 1. The Morgan fingerprint density at radius 2 is 2.40 bits per heavy atom. The Bertz CT molecular complexity index is 319. The van der Waals surface area contributed by atoms with Gasteiger partial charge in [0.15, 0.2) is 0 Å². The average Bonchev–Trinajstić information content (AvgIpc) is 2.17. The summed E-state index contributed by atoms with van der Waals surface area (Å²) in [5.74, 6) is 0.678. The van der Waals surface area contributed by atoms with Crippen LogP contribution in [0.1, 0.15) is 18.5 Å². The van der Waals surface area contributed by atoms with E-state index in [1.165, 1.54) is 0 Å². The molecule has 0 aliphatic carbocycles. The quantitative estimate of drug-likeness (QED) is 0.838. The molecule has 1 unspecified atom stereocenters. The number of ether oxygens (including phenoxy) is 1. The van der Waals surface area contributed by atoms with Crippen molar-refractivity contribution in [2.45, 2.75) is 25.8 Å². The minimum Gasteiger partial charge on any atom is -0.379 e. The van der Waals surface area contributed by atoms with Gasteiger partial charge in [-0.05, 0) is 41.8 Å². The first-order chi connectivity index (χ1) is 7.24. The fourth-order valence-electron chi connectivity index (χ4n) is 1.63. The molecule has 1 saturated heterocycles. The van der Waals surface area contributed by atoms with Crippen LogP contribution in [-0.2, 0) is 4.74 Å². The van der Waals surface area contributed by atoms with Crippen molar-refractivity contribution in [2.24, 2.45) is 0 Å². The minimum absolute atomic E-state index is 0.340. The summed E-state index contributed by atoms with van der Waals surface area (Å²) in [6.45, 7) is 3.57. The van der Waals surface area contributed by atoms with Crippen molar-refractivity contribution in [3.8, 4) is 0 Å². The maximum absolute atomic E-state index is 5.38. The summed E-state index contributed by atoms with van der Waals surface area (Å²) in [5.41, 5.74) is 0.955. The van der Waals surface area contributed by atoms with Crippen LogP contribution in [0.15, 0.2) is 10.7 Å². The fraction of sp³-hybridized carbons (Fsp3) is 0.600. The van der Waals surface area contributed by atoms with Crippen LogP contribution in [-0.4, -0.2) is 29.2 Å². The topological polar surface area (TPSA) is 47.0 Å². The molecule has 1 aromatic heterocycles. The molecule has 1 aliphatic heterocycles. The van der Waals surface area contributed by atoms with Gasteiger partial charge in [-0.15, -0.1) is 0 Å². The fourth-order valence-corrected chi connectivity index (χ4v) is 2.13. The SMILES string of the molecule is Cc1cc(Br)nc(NC2CCCOC2)n1. The van der Waals surface area contributed by atoms with Crippen molar-refractivity contribution in [2.75, 3.05) is 18.5 Å². The lowest BCUT2D eigenvalue weighted by Crippen LogP contribution is -2.30. The molecule has 5 heteroatoms. The van der Waals surface area contributed by atoms with Crippen molar-refractivity contribution in [1.29, 1.82) is 0 Å². The molecule has 4 nitrogen and oxygen atoms in total. The lowest BCUT2D eigenvalue weighted by atomic mass is 10.1. The van der Waals surface area contributed by atoms with Gasteiger partial charge in [-0.25, -0.2) is 9.97 Å². The van der Waals surface area contributed by atoms with Gasteiger partial charge in [0, 0.05) is 12.3 Å². The summed E-state index contributed by atoms with van der Waals surface area (Å²) in [4.78, 5) is 8.59. The van der Waals surface area contributed by atoms with E-state index in [2.05, 4.69) is 31.2 Å². The minimum atomic E-state index is 0.340. The predicted octanol–water partition coefficient (Wildman–Crippen LogP) is 2.14. The van der Waals surface area contributed by atoms with Crippen LogP contribution in [0.4, 0.5) is 5.95 Å². The molecule has 1 N–H and O–H groups in total. The number of hydrogen-bond donors (Lipinski definition) is 1. The summed E-state index contributed by atoms with van der Waals surface area (Å²) in [6.07, 6.45) is 2.22. The highest BCUT2D eigenvalue weighted by atomic mass is 79.9. The van der Waals surface area contributed by atoms with Crippen LogP contribution in [0.25, 0.3) is 0 Å². The van der Waals surface area contributed by atoms with E-state index in [4.69, 9.17) is 4.74 Å². The summed E-state index contributed by atoms with van der Waals surface area (Å²) < 4.78 is 6.20. The smallest absolute Gasteiger partial charge is 0.224 e. The maximum atomic E-state index is 5.38. The highest BCUT2D eigenvalue weighted by Gasteiger charge is 2.14. The standard InChI is InChI=1S/C10H14BrN3O/c1-7-5-9(11)14-10(12-7)13-8-3-2-4-15-6-8/h5,8H,2-4,6H2,1H3,(H,12,13,14). The zero-order valence-electron chi connectivity index (χ0n) is 8.66. The Labute approximate surface area is 97.6 Å². The second-order valence-corrected chi connectivity index (χ2v) is 4.53. The Morgan fingerprint density at radius 3 is 3.07 bits per heavy atom. The zero-order valence-corrected chi connectivity index (χ0v) is 10.2. The summed E-state index contributed by atoms with van der Waals surface area (Å²) in [5, 5.41) is 3.29. The van der Waals surface area contributed by atoms with E-state index in [0.29, 0.717) is 12.0 Å². The normalized spacial score (nSPS) is 21.3. The van der Waals surface area contributed by atoms with Crippen molar-refractivity contribution >= 4 is 21.9 Å². The first-order valence-corrected chi connectivity index (χ1v) is 5.89. The van der Waals surface area contributed by atoms with Crippen molar-refractivity contribution in [3.63, 3.8) is 0 Å². The molecule has 0 aromatic carbocycles. The lowest BCUT2D eigenvalue weighted by Gasteiger charge is -2.23. The molecular formula is C10H14BrN3O. The number of nitrogens with zero attached hydrogens (tertiary/aromatic N) is 2. The molecular weight excluding hydrogens is 258 g/mol. The first-order valence-electron chi connectivity index (χ1n) is 5.09. The molecule has 2 rings (SSSR count). The second kappa shape index (κ2) is 4.90. The highest BCUT2D eigenvalue weighted by Crippen LogP contribution is 2.14. The van der Waals surface area contributed by atoms with Gasteiger partial charge >= 0.3 is 0 Å². The molecule has 1 fully saturated rings. The zero-order chi connectivity index (χ0) is 10.7. The number of halogens is 1. The second-order valence-electron chi connectivity index (χ2n) is 3.71. The van der Waals surface area contributed by atoms with Crippen molar-refractivity contribution < 1.29 is 4.74 Å². The van der Waals surface area contributed by atoms with E-state index in [-0.39, 0.29) is 0 Å². The monoisotopic (exact) mass is 271 g/mol. The Morgan fingerprint density at radius 1 is 1.53 bits per heavy atom. The number of aromatic nitrogens is 2. The van der Waals surface area contributed by atoms with Crippen molar-refractivity contribution in [1.82, 2.24) is 9.97 Å². The van der Waals surface area contributed by atoms with Gasteiger partial charge in [-0.1, -0.05) is 0 Å². The largest absolute Gasteiger partial charge is 0.379 e. The summed E-state index contributed by atoms with van der Waals surface area (Å²) in [7, 11) is 0. The molecule has 0 bridgehead atoms. The molecule has 1 atom stereocenters. The third kappa shape index (κ3) is 3.14. The predicted molar refractivity (Wildman–Crippen MR) is 61.9 cm³/mol. The molecule has 0 spiro atoms. The van der Waals surface area contributed by atoms with Gasteiger partial charge < -0.3 is 10.1 Å². The summed E-state index contributed by atoms with van der Waals surface area (Å²) >= 11 is 3.36. The van der Waals surface area contributed by atoms with Gasteiger partial charge in [0.05, 0.1) is 12.6 Å². The number of nitrogens with one attached hydrogen (secondary N) is 1. The molecule has 0 amide bonds. The van der Waals surface area contributed by atoms with Crippen LogP contribution in [0.2, 0.25) is 0 Å². The molecule has 1 aliphatic rings. The lowest BCUT2D eigenvalue weighted by molar-refractivity contribution is 0.0874. The number of rotatable bonds is 2. The van der Waals surface area contributed by atoms with Crippen LogP contribution >= 0.6 is 15.9 Å². The third-order valence-corrected chi connectivity index (χ3v) is 2.72. The van der Waals surface area contributed by atoms with Crippen LogP contribution in [0.3, 0.4) is 0 Å². The number of aryl methyl sites for hydroxylation is 1. The molecule has 1 aromatic rings. The molecule has 0 saturated carbocycles. The van der Waals surface area contributed by atoms with Gasteiger partial charge in [-0.2, -0.15) is 0 Å². The molecule has 15 heavy (non-hydrogen) atoms. The van der Waals surface area contributed by atoms with Gasteiger partial charge in [0.2, 0.25) is 5.95 Å². The van der Waals surface area contributed by atoms with E-state index in [0.717, 1.165) is 36.4 Å². The van der Waals surface area contributed by atoms with E-state index >= 15 is 0 Å². The Hall–Kier alpha value is -0.680. The number of hydrogen-bond acceptors (Lipinski definition) is 4. The van der Waals surface area contributed by atoms with Crippen LogP contribution in [0, 0.1) is 6.92 Å². The van der Waals surface area contributed by atoms with Crippen LogP contribution in [0.5, 0.6) is 0 Å². The maximum Gasteiger partial charge on any atom is 0.224 e. The van der Waals surface area contributed by atoms with E-state index in [1.807, 2.05) is 13.0 Å². The van der Waals surface area contributed by atoms with Crippen LogP contribution < -0.4 is 5.32 Å². The highest BCUT2D eigenvalue weighted by molar-refractivity contribution is 9.10. The Balaban J connectivity index is 2.02.